The van der Waals surface area contributed by atoms with Crippen LogP contribution >= 0.6 is 11.8 Å². The Morgan fingerprint density at radius 1 is 1.17 bits per heavy atom. The van der Waals surface area contributed by atoms with Crippen LogP contribution in [0.15, 0.2) is 58.9 Å². The summed E-state index contributed by atoms with van der Waals surface area (Å²) in [6.45, 7) is 3.98. The molecule has 29 heavy (non-hydrogen) atoms. The summed E-state index contributed by atoms with van der Waals surface area (Å²) in [7, 11) is 0. The molecule has 146 valence electrons. The Labute approximate surface area is 172 Å². The lowest BCUT2D eigenvalue weighted by Gasteiger charge is -2.06. The Bertz CT molecular complexity index is 1160. The normalized spacial score (nSPS) is 18.1. The Hall–Kier alpha value is -3.19. The van der Waals surface area contributed by atoms with E-state index in [1.54, 1.807) is 6.21 Å². The minimum absolute atomic E-state index is 0.0516. The molecule has 0 saturated carbocycles. The number of fused-ring (bicyclic) bond motifs is 1. The van der Waals surface area contributed by atoms with Gasteiger partial charge in [0.25, 0.3) is 0 Å². The number of nitrogens with one attached hydrogen (secondary N) is 2. The molecule has 1 fully saturated rings. The zero-order valence-electron chi connectivity index (χ0n) is 16.1. The molecule has 0 bridgehead atoms. The van der Waals surface area contributed by atoms with Crippen molar-refractivity contribution >= 4 is 45.7 Å². The third-order valence-electron chi connectivity index (χ3n) is 4.94. The summed E-state index contributed by atoms with van der Waals surface area (Å²) in [5.74, 6) is -0.266. The molecule has 2 heterocycles. The lowest BCUT2D eigenvalue weighted by Crippen LogP contribution is -2.26. The van der Waals surface area contributed by atoms with Crippen molar-refractivity contribution in [1.29, 1.82) is 0 Å². The van der Waals surface area contributed by atoms with Gasteiger partial charge in [-0.25, -0.2) is 0 Å². The molecule has 0 radical (unpaired) electrons. The fourth-order valence-electron chi connectivity index (χ4n) is 3.13. The molecule has 4 rings (SSSR count). The number of hydrogen-bond acceptors (Lipinski definition) is 5. The first-order valence-electron chi connectivity index (χ1n) is 9.26. The molecule has 1 aliphatic heterocycles. The number of H-pyrrole nitrogens is 1. The molecule has 1 unspecified atom stereocenters. The van der Waals surface area contributed by atoms with E-state index in [1.807, 2.05) is 62.5 Å². The van der Waals surface area contributed by atoms with Gasteiger partial charge >= 0.3 is 0 Å². The van der Waals surface area contributed by atoms with Gasteiger partial charge in [-0.3, -0.25) is 9.59 Å². The average molecular weight is 404 g/mol. The maximum atomic E-state index is 12.5. The molecule has 0 aliphatic carbocycles. The summed E-state index contributed by atoms with van der Waals surface area (Å²) in [5.41, 5.74) is 4.77. The lowest BCUT2D eigenvalue weighted by atomic mass is 10.0. The van der Waals surface area contributed by atoms with E-state index in [1.165, 1.54) is 11.8 Å². The van der Waals surface area contributed by atoms with Crippen LogP contribution in [0.25, 0.3) is 10.9 Å². The van der Waals surface area contributed by atoms with Crippen LogP contribution in [-0.2, 0) is 4.79 Å². The maximum absolute atomic E-state index is 12.5. The van der Waals surface area contributed by atoms with Crippen molar-refractivity contribution in [3.05, 3.63) is 70.9 Å². The highest BCUT2D eigenvalue weighted by atomic mass is 32.2. The van der Waals surface area contributed by atoms with Gasteiger partial charge in [0.05, 0.1) is 11.5 Å². The zero-order valence-corrected chi connectivity index (χ0v) is 16.9. The van der Waals surface area contributed by atoms with Crippen molar-refractivity contribution < 1.29 is 9.59 Å². The number of benzene rings is 2. The zero-order chi connectivity index (χ0) is 20.4. The van der Waals surface area contributed by atoms with Gasteiger partial charge in [0.2, 0.25) is 5.91 Å². The molecule has 1 saturated heterocycles. The van der Waals surface area contributed by atoms with E-state index in [9.17, 15) is 9.59 Å². The van der Waals surface area contributed by atoms with Gasteiger partial charge in [-0.1, -0.05) is 42.1 Å². The van der Waals surface area contributed by atoms with E-state index >= 15 is 0 Å². The molecular weight excluding hydrogens is 384 g/mol. The van der Waals surface area contributed by atoms with Crippen molar-refractivity contribution in [2.24, 2.45) is 10.2 Å². The van der Waals surface area contributed by atoms with Crippen LogP contribution in [0.1, 0.15) is 33.5 Å². The number of ketones is 1. The summed E-state index contributed by atoms with van der Waals surface area (Å²) in [6.07, 6.45) is 3.63. The molecule has 2 aromatic carbocycles. The number of hydrogen-bond donors (Lipinski definition) is 2. The number of amides is 1. The molecule has 0 spiro atoms. The van der Waals surface area contributed by atoms with E-state index in [4.69, 9.17) is 0 Å². The van der Waals surface area contributed by atoms with Crippen LogP contribution in [0.2, 0.25) is 0 Å². The topological polar surface area (TPSA) is 86.7 Å². The lowest BCUT2D eigenvalue weighted by molar-refractivity contribution is -0.118. The number of aryl methyl sites for hydroxylation is 2. The molecule has 1 amide bonds. The van der Waals surface area contributed by atoms with Crippen molar-refractivity contribution in [3.8, 4) is 0 Å². The van der Waals surface area contributed by atoms with Gasteiger partial charge in [-0.2, -0.15) is 5.10 Å². The Morgan fingerprint density at radius 3 is 2.83 bits per heavy atom. The van der Waals surface area contributed by atoms with Gasteiger partial charge in [0, 0.05) is 34.6 Å². The number of carbonyl (C=O) groups excluding carboxylic acids is 2. The van der Waals surface area contributed by atoms with Crippen LogP contribution in [0, 0.1) is 13.8 Å². The minimum Gasteiger partial charge on any atom is -0.361 e. The number of carbonyl (C=O) groups is 2. The number of amidine groups is 1. The van der Waals surface area contributed by atoms with E-state index in [-0.39, 0.29) is 18.1 Å². The number of aromatic nitrogens is 1. The molecular formula is C22H20N4O2S. The predicted octanol–water partition coefficient (Wildman–Crippen LogP) is 3.98. The molecule has 2 N–H and O–H groups in total. The van der Waals surface area contributed by atoms with Gasteiger partial charge in [-0.15, -0.1) is 5.10 Å². The summed E-state index contributed by atoms with van der Waals surface area (Å²) in [4.78, 5) is 27.9. The number of para-hydroxylation sites is 1. The smallest absolute Gasteiger partial charge is 0.240 e. The van der Waals surface area contributed by atoms with Crippen molar-refractivity contribution in [1.82, 2.24) is 10.3 Å². The second-order valence-corrected chi connectivity index (χ2v) is 8.15. The van der Waals surface area contributed by atoms with E-state index < -0.39 is 5.25 Å². The highest BCUT2D eigenvalue weighted by Crippen LogP contribution is 2.25. The largest absolute Gasteiger partial charge is 0.361 e. The number of nitrogens with zero attached hydrogens (tertiary/aromatic N) is 2. The summed E-state index contributed by atoms with van der Waals surface area (Å²) >= 11 is 1.24. The average Bonchev–Trinajstić information content (AvgIpc) is 3.27. The van der Waals surface area contributed by atoms with Gasteiger partial charge < -0.3 is 10.3 Å². The van der Waals surface area contributed by atoms with Crippen molar-refractivity contribution in [3.63, 3.8) is 0 Å². The van der Waals surface area contributed by atoms with Crippen LogP contribution in [0.4, 0.5) is 0 Å². The van der Waals surface area contributed by atoms with Crippen LogP contribution in [0.5, 0.6) is 0 Å². The maximum Gasteiger partial charge on any atom is 0.240 e. The number of aromatic amines is 1. The van der Waals surface area contributed by atoms with E-state index in [0.29, 0.717) is 10.7 Å². The summed E-state index contributed by atoms with van der Waals surface area (Å²) < 4.78 is 0. The highest BCUT2D eigenvalue weighted by Gasteiger charge is 2.32. The SMILES string of the molecule is Cc1ccc(C(=O)CC2S/C(=N\N=C\c3c[nH]c4ccccc34)NC2=O)cc1C. The monoisotopic (exact) mass is 404 g/mol. The standard InChI is InChI=1S/C22H20N4O2S/c1-13-7-8-15(9-14(13)2)19(27)10-20-21(28)25-22(29-20)26-24-12-16-11-23-18-6-4-3-5-17(16)18/h3-9,11-12,20,23H,10H2,1-2H3,(H,25,26,28)/b24-12+. The van der Waals surface area contributed by atoms with E-state index in [0.717, 1.165) is 27.6 Å². The number of Topliss-reactive ketones (excluding diaryl/α,β-unsaturated/α-hetero) is 1. The van der Waals surface area contributed by atoms with Crippen molar-refractivity contribution in [2.75, 3.05) is 0 Å². The van der Waals surface area contributed by atoms with Crippen LogP contribution in [0.3, 0.4) is 0 Å². The van der Waals surface area contributed by atoms with Gasteiger partial charge in [0.1, 0.15) is 0 Å². The highest BCUT2D eigenvalue weighted by molar-refractivity contribution is 8.15. The molecule has 3 aromatic rings. The molecule has 1 aliphatic rings. The number of rotatable bonds is 5. The first kappa shape index (κ1) is 19.1. The predicted molar refractivity (Wildman–Crippen MR) is 118 cm³/mol. The minimum atomic E-state index is -0.494. The second kappa shape index (κ2) is 8.05. The molecule has 6 nitrogen and oxygen atoms in total. The van der Waals surface area contributed by atoms with Gasteiger partial charge in [0.15, 0.2) is 11.0 Å². The van der Waals surface area contributed by atoms with Gasteiger partial charge in [-0.05, 0) is 37.1 Å². The summed E-state index contributed by atoms with van der Waals surface area (Å²) in [6, 6.07) is 13.5. The van der Waals surface area contributed by atoms with E-state index in [2.05, 4.69) is 20.5 Å². The quantitative estimate of drug-likeness (QED) is 0.383. The Balaban J connectivity index is 1.42. The van der Waals surface area contributed by atoms with Crippen LogP contribution in [-0.4, -0.2) is 33.3 Å². The third-order valence-corrected chi connectivity index (χ3v) is 6.01. The molecule has 1 atom stereocenters. The third kappa shape index (κ3) is 4.14. The fraction of sp³-hybridized carbons (Fsp3) is 0.182. The Kier molecular flexibility index (Phi) is 5.31. The Morgan fingerprint density at radius 2 is 2.00 bits per heavy atom. The first-order valence-corrected chi connectivity index (χ1v) is 10.1. The number of thioether (sulfide) groups is 1. The summed E-state index contributed by atoms with van der Waals surface area (Å²) in [5, 5.41) is 11.9. The molecule has 1 aromatic heterocycles. The van der Waals surface area contributed by atoms with Crippen molar-refractivity contribution in [2.45, 2.75) is 25.5 Å². The molecule has 7 heteroatoms. The first-order chi connectivity index (χ1) is 14.0. The van der Waals surface area contributed by atoms with Crippen LogP contribution < -0.4 is 5.32 Å². The fourth-order valence-corrected chi connectivity index (χ4v) is 4.06. The second-order valence-electron chi connectivity index (χ2n) is 6.96.